The first kappa shape index (κ1) is 17.5. The van der Waals surface area contributed by atoms with Gasteiger partial charge in [-0.05, 0) is 74.7 Å². The van der Waals surface area contributed by atoms with Gasteiger partial charge in [-0.3, -0.25) is 0 Å². The van der Waals surface area contributed by atoms with Crippen LogP contribution >= 0.6 is 12.2 Å². The van der Waals surface area contributed by atoms with Gasteiger partial charge in [0.25, 0.3) is 0 Å². The van der Waals surface area contributed by atoms with Crippen LogP contribution in [0.2, 0.25) is 0 Å². The average Bonchev–Trinajstić information content (AvgIpc) is 3.41. The number of nitrogens with zero attached hydrogens (tertiary/aromatic N) is 3. The maximum absolute atomic E-state index is 13.5. The van der Waals surface area contributed by atoms with Gasteiger partial charge in [-0.15, -0.1) is 0 Å². The number of hydrogen-bond acceptors (Lipinski definition) is 3. The number of aromatic nitrogens is 4. The minimum Gasteiger partial charge on any atom is -0.329 e. The van der Waals surface area contributed by atoms with Crippen molar-refractivity contribution in [3.05, 3.63) is 64.6 Å². The van der Waals surface area contributed by atoms with Crippen molar-refractivity contribution in [1.29, 1.82) is 0 Å². The Morgan fingerprint density at radius 3 is 2.64 bits per heavy atom. The predicted octanol–water partition coefficient (Wildman–Crippen LogP) is 5.80. The molecule has 2 aromatic heterocycles. The van der Waals surface area contributed by atoms with Gasteiger partial charge in [0, 0.05) is 18.2 Å². The van der Waals surface area contributed by atoms with Gasteiger partial charge < -0.3 is 9.55 Å². The molecule has 1 saturated carbocycles. The summed E-state index contributed by atoms with van der Waals surface area (Å²) >= 11 is 5.27. The topological polar surface area (TPSA) is 46.5 Å². The van der Waals surface area contributed by atoms with Crippen molar-refractivity contribution < 1.29 is 4.39 Å². The highest BCUT2D eigenvalue weighted by atomic mass is 32.1. The molecule has 1 aliphatic heterocycles. The average molecular weight is 393 g/mol. The quantitative estimate of drug-likeness (QED) is 0.453. The molecular weight excluding hydrogens is 371 g/mol. The van der Waals surface area contributed by atoms with Crippen LogP contribution in [0, 0.1) is 10.6 Å². The summed E-state index contributed by atoms with van der Waals surface area (Å²) in [5, 5.41) is 0. The molecule has 0 bridgehead atoms. The first-order valence-corrected chi connectivity index (χ1v) is 10.2. The number of aryl methyl sites for hydroxylation is 1. The molecule has 4 nitrogen and oxygen atoms in total. The monoisotopic (exact) mass is 392 g/mol. The smallest absolute Gasteiger partial charge is 0.197 e. The van der Waals surface area contributed by atoms with E-state index < -0.39 is 0 Å². The van der Waals surface area contributed by atoms with E-state index in [1.54, 1.807) is 23.9 Å². The van der Waals surface area contributed by atoms with Gasteiger partial charge in [-0.2, -0.15) is 0 Å². The first-order chi connectivity index (χ1) is 13.7. The highest BCUT2D eigenvalue weighted by Crippen LogP contribution is 2.40. The molecule has 1 aliphatic carbocycles. The molecule has 1 unspecified atom stereocenters. The van der Waals surface area contributed by atoms with Crippen LogP contribution < -0.4 is 0 Å². The lowest BCUT2D eigenvalue weighted by atomic mass is 10.1. The SMILES string of the molecule is Fc1ccc(-c2nc3n(c2-c2ccnc(=S)[nH]2)C(C=C2CCCC2)CC3)cc1. The molecule has 3 aromatic rings. The Hall–Kier alpha value is -2.60. The van der Waals surface area contributed by atoms with Crippen LogP contribution in [0.4, 0.5) is 4.39 Å². The molecule has 0 spiro atoms. The molecule has 3 heterocycles. The van der Waals surface area contributed by atoms with Gasteiger partial charge in [0.05, 0.1) is 23.1 Å². The van der Waals surface area contributed by atoms with Crippen molar-refractivity contribution in [2.24, 2.45) is 0 Å². The van der Waals surface area contributed by atoms with Gasteiger partial charge in [0.1, 0.15) is 11.6 Å². The van der Waals surface area contributed by atoms with Crippen LogP contribution in [0.15, 0.2) is 48.2 Å². The molecule has 142 valence electrons. The lowest BCUT2D eigenvalue weighted by molar-refractivity contribution is 0.628. The zero-order valence-corrected chi connectivity index (χ0v) is 16.3. The maximum atomic E-state index is 13.5. The van der Waals surface area contributed by atoms with E-state index in [1.165, 1.54) is 37.8 Å². The molecule has 1 N–H and O–H groups in total. The third-order valence-electron chi connectivity index (χ3n) is 5.70. The van der Waals surface area contributed by atoms with Crippen molar-refractivity contribution in [2.75, 3.05) is 0 Å². The van der Waals surface area contributed by atoms with E-state index in [0.717, 1.165) is 41.3 Å². The van der Waals surface area contributed by atoms with E-state index in [9.17, 15) is 4.39 Å². The van der Waals surface area contributed by atoms with Gasteiger partial charge in [0.15, 0.2) is 4.77 Å². The molecule has 0 saturated heterocycles. The molecular formula is C22H21FN4S. The van der Waals surface area contributed by atoms with Crippen LogP contribution in [-0.2, 0) is 6.42 Å². The summed E-state index contributed by atoms with van der Waals surface area (Å²) in [6, 6.07) is 8.78. The third-order valence-corrected chi connectivity index (χ3v) is 5.91. The summed E-state index contributed by atoms with van der Waals surface area (Å²) in [6.07, 6.45) is 11.2. The highest BCUT2D eigenvalue weighted by molar-refractivity contribution is 7.71. The Labute approximate surface area is 168 Å². The van der Waals surface area contributed by atoms with E-state index in [2.05, 4.69) is 20.6 Å². The van der Waals surface area contributed by atoms with Crippen molar-refractivity contribution in [3.8, 4) is 22.6 Å². The Morgan fingerprint density at radius 1 is 1.11 bits per heavy atom. The second-order valence-corrected chi connectivity index (χ2v) is 7.92. The van der Waals surface area contributed by atoms with Gasteiger partial charge in [0.2, 0.25) is 0 Å². The molecule has 0 amide bonds. The largest absolute Gasteiger partial charge is 0.329 e. The van der Waals surface area contributed by atoms with E-state index in [-0.39, 0.29) is 5.82 Å². The van der Waals surface area contributed by atoms with Crippen molar-refractivity contribution >= 4 is 12.2 Å². The third kappa shape index (κ3) is 3.11. The molecule has 0 radical (unpaired) electrons. The number of fused-ring (bicyclic) bond motifs is 1. The summed E-state index contributed by atoms with van der Waals surface area (Å²) in [6.45, 7) is 0. The second kappa shape index (κ2) is 7.09. The van der Waals surface area contributed by atoms with Gasteiger partial charge >= 0.3 is 0 Å². The second-order valence-electron chi connectivity index (χ2n) is 7.53. The zero-order valence-electron chi connectivity index (χ0n) is 15.5. The summed E-state index contributed by atoms with van der Waals surface area (Å²) in [5.41, 5.74) is 5.23. The summed E-state index contributed by atoms with van der Waals surface area (Å²) in [5.74, 6) is 0.828. The standard InChI is InChI=1S/C22H21FN4S/c23-16-7-5-15(6-8-16)20-21(18-11-12-24-22(28)25-18)27-17(9-10-19(27)26-20)13-14-3-1-2-4-14/h5-8,11-13,17H,1-4,9-10H2,(H,24,25,28). The number of rotatable bonds is 3. The van der Waals surface area contributed by atoms with Crippen LogP contribution in [0.3, 0.4) is 0 Å². The number of aromatic amines is 1. The summed E-state index contributed by atoms with van der Waals surface area (Å²) in [7, 11) is 0. The zero-order chi connectivity index (χ0) is 19.1. The normalized spacial score (nSPS) is 18.5. The van der Waals surface area contributed by atoms with Crippen molar-refractivity contribution in [1.82, 2.24) is 19.5 Å². The molecule has 1 fully saturated rings. The Bertz CT molecular complexity index is 1100. The lowest BCUT2D eigenvalue weighted by Crippen LogP contribution is -2.05. The number of imidazole rings is 1. The van der Waals surface area contributed by atoms with Gasteiger partial charge in [-0.1, -0.05) is 11.6 Å². The summed E-state index contributed by atoms with van der Waals surface area (Å²) in [4.78, 5) is 12.3. The number of hydrogen-bond donors (Lipinski definition) is 1. The van der Waals surface area contributed by atoms with Crippen LogP contribution in [0.1, 0.15) is 44.0 Å². The van der Waals surface area contributed by atoms with Crippen LogP contribution in [0.25, 0.3) is 22.6 Å². The minimum atomic E-state index is -0.246. The number of benzene rings is 1. The minimum absolute atomic E-state index is 0.246. The molecule has 1 atom stereocenters. The highest BCUT2D eigenvalue weighted by Gasteiger charge is 2.30. The number of halogens is 1. The summed E-state index contributed by atoms with van der Waals surface area (Å²) < 4.78 is 16.3. The predicted molar refractivity (Wildman–Crippen MR) is 110 cm³/mol. The number of nitrogens with one attached hydrogen (secondary N) is 1. The molecule has 2 aliphatic rings. The number of H-pyrrole nitrogens is 1. The fourth-order valence-electron chi connectivity index (χ4n) is 4.42. The maximum Gasteiger partial charge on any atom is 0.197 e. The fraction of sp³-hybridized carbons (Fsp3) is 0.318. The van der Waals surface area contributed by atoms with Crippen molar-refractivity contribution in [2.45, 2.75) is 44.6 Å². The Kier molecular flexibility index (Phi) is 4.43. The van der Waals surface area contributed by atoms with E-state index in [0.29, 0.717) is 10.8 Å². The van der Waals surface area contributed by atoms with Crippen LogP contribution in [0.5, 0.6) is 0 Å². The number of allylic oxidation sites excluding steroid dienone is 2. The molecule has 1 aromatic carbocycles. The first-order valence-electron chi connectivity index (χ1n) is 9.81. The molecule has 6 heteroatoms. The molecule has 5 rings (SSSR count). The van der Waals surface area contributed by atoms with Crippen LogP contribution in [-0.4, -0.2) is 19.5 Å². The van der Waals surface area contributed by atoms with Crippen molar-refractivity contribution in [3.63, 3.8) is 0 Å². The van der Waals surface area contributed by atoms with E-state index in [4.69, 9.17) is 17.2 Å². The van der Waals surface area contributed by atoms with Gasteiger partial charge in [-0.25, -0.2) is 14.4 Å². The van der Waals surface area contributed by atoms with E-state index in [1.807, 2.05) is 6.07 Å². The fourth-order valence-corrected chi connectivity index (χ4v) is 4.59. The Balaban J connectivity index is 1.70. The van der Waals surface area contributed by atoms with E-state index >= 15 is 0 Å². The molecule has 28 heavy (non-hydrogen) atoms. The Morgan fingerprint density at radius 2 is 1.89 bits per heavy atom. The lowest BCUT2D eigenvalue weighted by Gasteiger charge is -2.15.